The quantitative estimate of drug-likeness (QED) is 0.136. The normalized spacial score (nSPS) is 11.5. The predicted octanol–water partition coefficient (Wildman–Crippen LogP) is 19.5. The van der Waals surface area contributed by atoms with E-state index in [9.17, 15) is 0 Å². The third-order valence-electron chi connectivity index (χ3n) is 14.9. The molecule has 0 aliphatic carbocycles. The highest BCUT2D eigenvalue weighted by Gasteiger charge is 2.17. The summed E-state index contributed by atoms with van der Waals surface area (Å²) in [6.07, 6.45) is 0. The molecular formula is C72H48N2. The second-order valence-corrected chi connectivity index (χ2v) is 19.3. The SMILES string of the molecule is c1ccc(-c2cccc(-c3ccc(-c4cccc(-c5cccc(-c6ccc(-c7ccc(-n8c9ccccc9c9cc(-c%10ccc%11c(c%10)c%10ccccc%10n%11-c%10ccccc%10)ccc98)cc7)cc6)c5)c4)cc3)c2)cc1. The van der Waals surface area contributed by atoms with E-state index in [-0.39, 0.29) is 0 Å². The molecule has 0 saturated heterocycles. The molecular weight excluding hydrogens is 893 g/mol. The molecule has 2 heteroatoms. The molecule has 74 heavy (non-hydrogen) atoms. The molecule has 0 spiro atoms. The Labute approximate surface area is 431 Å². The van der Waals surface area contributed by atoms with Crippen LogP contribution < -0.4 is 0 Å². The largest absolute Gasteiger partial charge is 0.309 e. The van der Waals surface area contributed by atoms with E-state index in [2.05, 4.69) is 300 Å². The Bertz CT molecular complexity index is 4370. The second-order valence-electron chi connectivity index (χ2n) is 19.3. The first-order valence-corrected chi connectivity index (χ1v) is 25.5. The van der Waals surface area contributed by atoms with Crippen LogP contribution in [0.3, 0.4) is 0 Å². The van der Waals surface area contributed by atoms with E-state index in [0.29, 0.717) is 0 Å². The molecule has 0 fully saturated rings. The van der Waals surface area contributed by atoms with Crippen molar-refractivity contribution < 1.29 is 0 Å². The summed E-state index contributed by atoms with van der Waals surface area (Å²) in [5, 5.41) is 5.00. The molecule has 14 aromatic rings. The molecule has 0 radical (unpaired) electrons. The Kier molecular flexibility index (Phi) is 10.6. The van der Waals surface area contributed by atoms with Gasteiger partial charge >= 0.3 is 0 Å². The van der Waals surface area contributed by atoms with Crippen LogP contribution in [0.5, 0.6) is 0 Å². The fourth-order valence-corrected chi connectivity index (χ4v) is 11.2. The first-order chi connectivity index (χ1) is 36.7. The summed E-state index contributed by atoms with van der Waals surface area (Å²) < 4.78 is 4.78. The number of hydrogen-bond donors (Lipinski definition) is 0. The molecule has 12 aromatic carbocycles. The van der Waals surface area contributed by atoms with Gasteiger partial charge in [-0.3, -0.25) is 0 Å². The van der Waals surface area contributed by atoms with E-state index in [1.165, 1.54) is 127 Å². The summed E-state index contributed by atoms with van der Waals surface area (Å²) in [5.74, 6) is 0. The molecule has 0 unspecified atom stereocenters. The first-order valence-electron chi connectivity index (χ1n) is 25.5. The van der Waals surface area contributed by atoms with Crippen molar-refractivity contribution >= 4 is 43.6 Å². The summed E-state index contributed by atoms with van der Waals surface area (Å²) in [6.45, 7) is 0. The average molecular weight is 941 g/mol. The summed E-state index contributed by atoms with van der Waals surface area (Å²) >= 11 is 0. The highest BCUT2D eigenvalue weighted by Crippen LogP contribution is 2.39. The van der Waals surface area contributed by atoms with Gasteiger partial charge in [-0.2, -0.15) is 0 Å². The van der Waals surface area contributed by atoms with E-state index in [4.69, 9.17) is 0 Å². The summed E-state index contributed by atoms with van der Waals surface area (Å²) in [5.41, 5.74) is 24.0. The Hall–Kier alpha value is -9.76. The lowest BCUT2D eigenvalue weighted by atomic mass is 9.94. The van der Waals surface area contributed by atoms with Gasteiger partial charge in [-0.25, -0.2) is 0 Å². The number of para-hydroxylation sites is 3. The van der Waals surface area contributed by atoms with Crippen molar-refractivity contribution in [2.75, 3.05) is 0 Å². The zero-order chi connectivity index (χ0) is 49.0. The van der Waals surface area contributed by atoms with Gasteiger partial charge in [-0.1, -0.05) is 212 Å². The van der Waals surface area contributed by atoms with Gasteiger partial charge in [0.15, 0.2) is 0 Å². The number of fused-ring (bicyclic) bond motifs is 6. The van der Waals surface area contributed by atoms with Gasteiger partial charge in [-0.15, -0.1) is 0 Å². The van der Waals surface area contributed by atoms with Crippen LogP contribution in [-0.2, 0) is 0 Å². The lowest BCUT2D eigenvalue weighted by molar-refractivity contribution is 1.18. The van der Waals surface area contributed by atoms with Crippen LogP contribution >= 0.6 is 0 Å². The molecule has 14 rings (SSSR count). The van der Waals surface area contributed by atoms with Crippen LogP contribution in [0.4, 0.5) is 0 Å². The van der Waals surface area contributed by atoms with Crippen LogP contribution in [0.25, 0.3) is 133 Å². The molecule has 2 heterocycles. The smallest absolute Gasteiger partial charge is 0.0541 e. The van der Waals surface area contributed by atoms with Crippen molar-refractivity contribution in [3.63, 3.8) is 0 Å². The molecule has 0 saturated carbocycles. The maximum absolute atomic E-state index is 2.41. The van der Waals surface area contributed by atoms with E-state index in [1.54, 1.807) is 0 Å². The summed E-state index contributed by atoms with van der Waals surface area (Å²) in [6, 6.07) is 106. The van der Waals surface area contributed by atoms with Crippen LogP contribution in [0.1, 0.15) is 0 Å². The van der Waals surface area contributed by atoms with Gasteiger partial charge in [0.05, 0.1) is 22.1 Å². The molecule has 0 bridgehead atoms. The minimum absolute atomic E-state index is 1.14. The first kappa shape index (κ1) is 43.1. The summed E-state index contributed by atoms with van der Waals surface area (Å²) in [4.78, 5) is 0. The monoisotopic (exact) mass is 940 g/mol. The number of aromatic nitrogens is 2. The van der Waals surface area contributed by atoms with Crippen molar-refractivity contribution in [2.45, 2.75) is 0 Å². The minimum Gasteiger partial charge on any atom is -0.309 e. The highest BCUT2D eigenvalue weighted by molar-refractivity contribution is 6.12. The van der Waals surface area contributed by atoms with E-state index in [1.807, 2.05) is 0 Å². The maximum Gasteiger partial charge on any atom is 0.0541 e. The number of rotatable bonds is 9. The van der Waals surface area contributed by atoms with Crippen molar-refractivity contribution in [2.24, 2.45) is 0 Å². The lowest BCUT2D eigenvalue weighted by Crippen LogP contribution is -1.94. The number of hydrogen-bond acceptors (Lipinski definition) is 0. The standard InChI is InChI=1S/C72H48N2/c1-3-14-49(15-4-1)55-16-11-17-56(44-55)53-32-34-54(35-33-53)58-19-13-21-60(46-58)59-20-12-18-57(45-59)52-30-28-50(29-31-52)51-36-40-64(41-37-51)74-70-27-10-8-25-66(70)68-48-62(39-43-72(68)74)61-38-42-71-67(47-61)65-24-7-9-26-69(65)73(71)63-22-5-2-6-23-63/h1-48H. The zero-order valence-electron chi connectivity index (χ0n) is 40.6. The Morgan fingerprint density at radius 1 is 0.149 bits per heavy atom. The Morgan fingerprint density at radius 3 is 0.824 bits per heavy atom. The number of benzene rings is 12. The number of nitrogens with zero attached hydrogens (tertiary/aromatic N) is 2. The third-order valence-corrected chi connectivity index (χ3v) is 14.9. The van der Waals surface area contributed by atoms with Crippen LogP contribution in [0.2, 0.25) is 0 Å². The van der Waals surface area contributed by atoms with Gasteiger partial charge < -0.3 is 9.13 Å². The average Bonchev–Trinajstić information content (AvgIpc) is 4.01. The maximum atomic E-state index is 2.41. The Balaban J connectivity index is 0.712. The van der Waals surface area contributed by atoms with Gasteiger partial charge in [0.25, 0.3) is 0 Å². The predicted molar refractivity (Wildman–Crippen MR) is 313 cm³/mol. The molecule has 0 N–H and O–H groups in total. The van der Waals surface area contributed by atoms with E-state index >= 15 is 0 Å². The Morgan fingerprint density at radius 2 is 0.405 bits per heavy atom. The minimum atomic E-state index is 1.14. The van der Waals surface area contributed by atoms with Crippen molar-refractivity contribution in [3.8, 4) is 89.3 Å². The lowest BCUT2D eigenvalue weighted by Gasteiger charge is -2.11. The highest BCUT2D eigenvalue weighted by atomic mass is 15.0. The second kappa shape index (κ2) is 18.1. The topological polar surface area (TPSA) is 9.86 Å². The molecule has 2 nitrogen and oxygen atoms in total. The fourth-order valence-electron chi connectivity index (χ4n) is 11.2. The molecule has 0 aliphatic heterocycles. The van der Waals surface area contributed by atoms with E-state index in [0.717, 1.165) is 5.69 Å². The van der Waals surface area contributed by atoms with Crippen molar-refractivity contribution in [1.29, 1.82) is 0 Å². The zero-order valence-corrected chi connectivity index (χ0v) is 40.6. The molecule has 346 valence electrons. The molecule has 0 atom stereocenters. The van der Waals surface area contributed by atoms with Gasteiger partial charge in [0.1, 0.15) is 0 Å². The van der Waals surface area contributed by atoms with Crippen LogP contribution in [-0.4, -0.2) is 9.13 Å². The third kappa shape index (κ3) is 7.69. The van der Waals surface area contributed by atoms with Crippen LogP contribution in [0.15, 0.2) is 291 Å². The van der Waals surface area contributed by atoms with Gasteiger partial charge in [0.2, 0.25) is 0 Å². The van der Waals surface area contributed by atoms with E-state index < -0.39 is 0 Å². The summed E-state index contributed by atoms with van der Waals surface area (Å²) in [7, 11) is 0. The van der Waals surface area contributed by atoms with Crippen molar-refractivity contribution in [3.05, 3.63) is 291 Å². The van der Waals surface area contributed by atoms with Crippen LogP contribution in [0, 0.1) is 0 Å². The molecule has 0 aliphatic rings. The molecule has 0 amide bonds. The molecule has 2 aromatic heterocycles. The van der Waals surface area contributed by atoms with Crippen molar-refractivity contribution in [1.82, 2.24) is 9.13 Å². The fraction of sp³-hybridized carbons (Fsp3) is 0. The van der Waals surface area contributed by atoms with Gasteiger partial charge in [-0.05, 0) is 157 Å². The van der Waals surface area contributed by atoms with Gasteiger partial charge in [0, 0.05) is 32.9 Å².